The normalized spacial score (nSPS) is 18.9. The van der Waals surface area contributed by atoms with E-state index in [4.69, 9.17) is 4.74 Å². The van der Waals surface area contributed by atoms with Crippen molar-refractivity contribution >= 4 is 18.5 Å². The first-order valence-electron chi connectivity index (χ1n) is 6.24. The van der Waals surface area contributed by atoms with Gasteiger partial charge < -0.3 is 9.64 Å². The third-order valence-electron chi connectivity index (χ3n) is 3.24. The van der Waals surface area contributed by atoms with Crippen LogP contribution in [-0.2, 0) is 11.3 Å². The summed E-state index contributed by atoms with van der Waals surface area (Å²) in [6.45, 7) is 3.28. The number of nitrogens with zero attached hydrogens (tertiary/aromatic N) is 1. The predicted octanol–water partition coefficient (Wildman–Crippen LogP) is 3.62. The summed E-state index contributed by atoms with van der Waals surface area (Å²) < 4.78 is 5.32. The van der Waals surface area contributed by atoms with Crippen LogP contribution >= 0.6 is 12.4 Å². The molecule has 18 heavy (non-hydrogen) atoms. The minimum absolute atomic E-state index is 0. The fourth-order valence-corrected chi connectivity index (χ4v) is 2.17. The molecule has 100 valence electrons. The summed E-state index contributed by atoms with van der Waals surface area (Å²) in [7, 11) is 0. The average molecular weight is 270 g/mol. The van der Waals surface area contributed by atoms with Crippen molar-refractivity contribution in [1.29, 1.82) is 0 Å². The van der Waals surface area contributed by atoms with Crippen LogP contribution in [0.2, 0.25) is 0 Å². The van der Waals surface area contributed by atoms with Crippen LogP contribution in [0.4, 0.5) is 4.79 Å². The van der Waals surface area contributed by atoms with Crippen molar-refractivity contribution in [1.82, 2.24) is 4.90 Å². The van der Waals surface area contributed by atoms with Gasteiger partial charge in [0, 0.05) is 12.6 Å². The number of piperidine rings is 1. The molecule has 1 saturated heterocycles. The number of carbonyl (C=O) groups excluding carboxylic acids is 1. The van der Waals surface area contributed by atoms with E-state index in [-0.39, 0.29) is 18.5 Å². The molecule has 0 N–H and O–H groups in total. The molecular formula is C14H20ClNO2. The molecular weight excluding hydrogens is 250 g/mol. The lowest BCUT2D eigenvalue weighted by Crippen LogP contribution is -2.42. The minimum atomic E-state index is -0.180. The van der Waals surface area contributed by atoms with Gasteiger partial charge in [0.2, 0.25) is 0 Å². The topological polar surface area (TPSA) is 29.5 Å². The maximum atomic E-state index is 11.9. The summed E-state index contributed by atoms with van der Waals surface area (Å²) >= 11 is 0. The van der Waals surface area contributed by atoms with Crippen LogP contribution in [0.25, 0.3) is 0 Å². The molecule has 1 aromatic rings. The Morgan fingerprint density at radius 2 is 2.06 bits per heavy atom. The number of amides is 1. The van der Waals surface area contributed by atoms with E-state index in [0.717, 1.165) is 24.9 Å². The van der Waals surface area contributed by atoms with Gasteiger partial charge in [-0.15, -0.1) is 12.4 Å². The average Bonchev–Trinajstić information content (AvgIpc) is 2.38. The van der Waals surface area contributed by atoms with E-state index in [0.29, 0.717) is 12.6 Å². The zero-order chi connectivity index (χ0) is 12.1. The standard InChI is InChI=1S/C14H19NO2.ClH/c1-12-7-5-6-10-15(12)14(16)17-11-13-8-3-2-4-9-13;/h2-4,8-9,12H,5-7,10-11H2,1H3;1H. The Morgan fingerprint density at radius 1 is 1.33 bits per heavy atom. The summed E-state index contributed by atoms with van der Waals surface area (Å²) in [5.74, 6) is 0. The fourth-order valence-electron chi connectivity index (χ4n) is 2.17. The van der Waals surface area contributed by atoms with Crippen LogP contribution < -0.4 is 0 Å². The number of benzene rings is 1. The second-order valence-corrected chi connectivity index (χ2v) is 4.58. The molecule has 1 aliphatic rings. The summed E-state index contributed by atoms with van der Waals surface area (Å²) in [6, 6.07) is 10.1. The third-order valence-corrected chi connectivity index (χ3v) is 3.24. The Labute approximate surface area is 115 Å². The van der Waals surface area contributed by atoms with E-state index < -0.39 is 0 Å². The monoisotopic (exact) mass is 269 g/mol. The van der Waals surface area contributed by atoms with Crippen molar-refractivity contribution in [3.8, 4) is 0 Å². The molecule has 0 saturated carbocycles. The van der Waals surface area contributed by atoms with Crippen LogP contribution in [-0.4, -0.2) is 23.6 Å². The Balaban J connectivity index is 0.00000162. The SMILES string of the molecule is CC1CCCCN1C(=O)OCc1ccccc1.Cl. The quantitative estimate of drug-likeness (QED) is 0.821. The molecule has 1 aliphatic heterocycles. The van der Waals surface area contributed by atoms with Gasteiger partial charge in [0.15, 0.2) is 0 Å². The van der Waals surface area contributed by atoms with Gasteiger partial charge >= 0.3 is 6.09 Å². The highest BCUT2D eigenvalue weighted by Crippen LogP contribution is 2.17. The van der Waals surface area contributed by atoms with Crippen molar-refractivity contribution in [2.75, 3.05) is 6.54 Å². The molecule has 0 aromatic heterocycles. The fraction of sp³-hybridized carbons (Fsp3) is 0.500. The number of rotatable bonds is 2. The van der Waals surface area contributed by atoms with Crippen LogP contribution in [0.5, 0.6) is 0 Å². The van der Waals surface area contributed by atoms with Gasteiger partial charge in [0.25, 0.3) is 0 Å². The van der Waals surface area contributed by atoms with E-state index in [1.54, 1.807) is 0 Å². The van der Waals surface area contributed by atoms with Crippen LogP contribution in [0, 0.1) is 0 Å². The van der Waals surface area contributed by atoms with Crippen LogP contribution in [0.1, 0.15) is 31.7 Å². The highest BCUT2D eigenvalue weighted by atomic mass is 35.5. The van der Waals surface area contributed by atoms with Crippen molar-refractivity contribution < 1.29 is 9.53 Å². The Hall–Kier alpha value is -1.22. The van der Waals surface area contributed by atoms with Crippen LogP contribution in [0.15, 0.2) is 30.3 Å². The van der Waals surface area contributed by atoms with Gasteiger partial charge in [-0.1, -0.05) is 30.3 Å². The number of likely N-dealkylation sites (tertiary alicyclic amines) is 1. The molecule has 0 radical (unpaired) electrons. The van der Waals surface area contributed by atoms with E-state index in [2.05, 4.69) is 6.92 Å². The molecule has 1 fully saturated rings. The molecule has 1 amide bonds. The van der Waals surface area contributed by atoms with E-state index in [1.165, 1.54) is 6.42 Å². The lowest BCUT2D eigenvalue weighted by Gasteiger charge is -2.32. The molecule has 0 aliphatic carbocycles. The molecule has 0 spiro atoms. The first-order valence-corrected chi connectivity index (χ1v) is 6.24. The summed E-state index contributed by atoms with van der Waals surface area (Å²) in [5, 5.41) is 0. The largest absolute Gasteiger partial charge is 0.445 e. The lowest BCUT2D eigenvalue weighted by atomic mass is 10.0. The van der Waals surface area contributed by atoms with E-state index in [9.17, 15) is 4.79 Å². The van der Waals surface area contributed by atoms with Crippen molar-refractivity contribution in [3.63, 3.8) is 0 Å². The van der Waals surface area contributed by atoms with Gasteiger partial charge in [0.05, 0.1) is 0 Å². The Morgan fingerprint density at radius 3 is 2.72 bits per heavy atom. The number of hydrogen-bond acceptors (Lipinski definition) is 2. The van der Waals surface area contributed by atoms with Gasteiger partial charge in [-0.25, -0.2) is 4.79 Å². The Bertz CT molecular complexity index is 369. The maximum absolute atomic E-state index is 11.9. The maximum Gasteiger partial charge on any atom is 0.410 e. The number of halogens is 1. The van der Waals surface area contributed by atoms with Crippen molar-refractivity contribution in [2.24, 2.45) is 0 Å². The molecule has 1 unspecified atom stereocenters. The van der Waals surface area contributed by atoms with Crippen LogP contribution in [0.3, 0.4) is 0 Å². The third kappa shape index (κ3) is 3.91. The first kappa shape index (κ1) is 14.8. The molecule has 1 aromatic carbocycles. The smallest absolute Gasteiger partial charge is 0.410 e. The highest BCUT2D eigenvalue weighted by Gasteiger charge is 2.24. The zero-order valence-corrected chi connectivity index (χ0v) is 11.5. The number of carbonyl (C=O) groups is 1. The van der Waals surface area contributed by atoms with E-state index in [1.807, 2.05) is 35.2 Å². The minimum Gasteiger partial charge on any atom is -0.445 e. The highest BCUT2D eigenvalue weighted by molar-refractivity contribution is 5.85. The van der Waals surface area contributed by atoms with Gasteiger partial charge in [-0.05, 0) is 31.7 Å². The lowest BCUT2D eigenvalue weighted by molar-refractivity contribution is 0.0722. The molecule has 4 heteroatoms. The first-order chi connectivity index (χ1) is 8.27. The van der Waals surface area contributed by atoms with E-state index >= 15 is 0 Å². The van der Waals surface area contributed by atoms with Crippen molar-refractivity contribution in [2.45, 2.75) is 38.8 Å². The van der Waals surface area contributed by atoms with Gasteiger partial charge in [0.1, 0.15) is 6.61 Å². The molecule has 0 bridgehead atoms. The zero-order valence-electron chi connectivity index (χ0n) is 10.7. The number of hydrogen-bond donors (Lipinski definition) is 0. The van der Waals surface area contributed by atoms with Gasteiger partial charge in [-0.3, -0.25) is 0 Å². The van der Waals surface area contributed by atoms with Crippen molar-refractivity contribution in [3.05, 3.63) is 35.9 Å². The summed E-state index contributed by atoms with van der Waals surface area (Å²) in [6.07, 6.45) is 3.20. The Kier molecular flexibility index (Phi) is 5.99. The molecule has 3 nitrogen and oxygen atoms in total. The summed E-state index contributed by atoms with van der Waals surface area (Å²) in [5.41, 5.74) is 1.03. The second-order valence-electron chi connectivity index (χ2n) is 4.58. The van der Waals surface area contributed by atoms with Gasteiger partial charge in [-0.2, -0.15) is 0 Å². The second kappa shape index (κ2) is 7.27. The summed E-state index contributed by atoms with van der Waals surface area (Å²) in [4.78, 5) is 13.7. The number of ether oxygens (including phenoxy) is 1. The molecule has 1 atom stereocenters. The predicted molar refractivity (Wildman–Crippen MR) is 73.9 cm³/mol. The molecule has 1 heterocycles. The molecule has 2 rings (SSSR count).